The summed E-state index contributed by atoms with van der Waals surface area (Å²) >= 11 is 0. The van der Waals surface area contributed by atoms with E-state index in [2.05, 4.69) is 19.4 Å². The van der Waals surface area contributed by atoms with Crippen LogP contribution in [0.3, 0.4) is 0 Å². The van der Waals surface area contributed by atoms with Crippen LogP contribution in [0, 0.1) is 0 Å². The van der Waals surface area contributed by atoms with Crippen LogP contribution in [0.2, 0.25) is 0 Å². The zero-order valence-electron chi connectivity index (χ0n) is 8.45. The van der Waals surface area contributed by atoms with Gasteiger partial charge in [-0.15, -0.1) is 0 Å². The molecule has 0 spiro atoms. The maximum atomic E-state index is 11.9. The quantitative estimate of drug-likeness (QED) is 0.777. The van der Waals surface area contributed by atoms with Crippen molar-refractivity contribution in [2.75, 3.05) is 18.9 Å². The second kappa shape index (κ2) is 6.06. The number of ether oxygens (including phenoxy) is 2. The fourth-order valence-corrected chi connectivity index (χ4v) is 0.825. The zero-order chi connectivity index (χ0) is 12.8. The number of alkyl halides is 4. The maximum Gasteiger partial charge on any atom is 0.320 e. The first kappa shape index (κ1) is 13.3. The van der Waals surface area contributed by atoms with Crippen LogP contribution in [0.1, 0.15) is 0 Å². The van der Waals surface area contributed by atoms with Crippen molar-refractivity contribution >= 4 is 5.69 Å². The van der Waals surface area contributed by atoms with E-state index in [1.807, 2.05) is 0 Å². The molecule has 17 heavy (non-hydrogen) atoms. The number of nitrogen functional groups attached to an aromatic ring is 1. The van der Waals surface area contributed by atoms with Crippen LogP contribution < -0.4 is 15.2 Å². The van der Waals surface area contributed by atoms with Gasteiger partial charge in [-0.3, -0.25) is 0 Å². The summed E-state index contributed by atoms with van der Waals surface area (Å²) in [4.78, 5) is 6.95. The Kier molecular flexibility index (Phi) is 4.73. The molecular formula is C8H9F4N3O2. The summed E-state index contributed by atoms with van der Waals surface area (Å²) in [7, 11) is 0. The van der Waals surface area contributed by atoms with Crippen molar-refractivity contribution in [2.24, 2.45) is 0 Å². The Labute approximate surface area is 93.6 Å². The Hall–Kier alpha value is -1.80. The summed E-state index contributed by atoms with van der Waals surface area (Å²) in [5.41, 5.74) is 5.25. The standard InChI is InChI=1S/C8H9F4N3O2/c9-5(10)2-16-7-4(13)1-14-8(15-7)17-3-6(11)12/h1,5-6H,2-3,13H2. The average Bonchev–Trinajstić information content (AvgIpc) is 2.26. The van der Waals surface area contributed by atoms with E-state index in [9.17, 15) is 17.6 Å². The smallest absolute Gasteiger partial charge is 0.320 e. The Balaban J connectivity index is 2.65. The van der Waals surface area contributed by atoms with E-state index in [-0.39, 0.29) is 11.6 Å². The van der Waals surface area contributed by atoms with Crippen molar-refractivity contribution in [1.29, 1.82) is 0 Å². The summed E-state index contributed by atoms with van der Waals surface area (Å²) in [6, 6.07) is -0.413. The van der Waals surface area contributed by atoms with Crippen LogP contribution in [0.5, 0.6) is 11.9 Å². The number of anilines is 1. The second-order valence-corrected chi connectivity index (χ2v) is 2.82. The fourth-order valence-electron chi connectivity index (χ4n) is 0.825. The monoisotopic (exact) mass is 255 g/mol. The van der Waals surface area contributed by atoms with Gasteiger partial charge < -0.3 is 15.2 Å². The zero-order valence-corrected chi connectivity index (χ0v) is 8.45. The summed E-state index contributed by atoms with van der Waals surface area (Å²) in [5.74, 6) is -0.329. The molecule has 5 nitrogen and oxygen atoms in total. The lowest BCUT2D eigenvalue weighted by atomic mass is 10.5. The highest BCUT2D eigenvalue weighted by atomic mass is 19.3. The molecule has 0 amide bonds. The Bertz CT molecular complexity index is 365. The van der Waals surface area contributed by atoms with Crippen LogP contribution >= 0.6 is 0 Å². The number of halogens is 4. The highest BCUT2D eigenvalue weighted by Crippen LogP contribution is 2.20. The summed E-state index contributed by atoms with van der Waals surface area (Å²) in [6.45, 7) is -1.81. The maximum absolute atomic E-state index is 11.9. The van der Waals surface area contributed by atoms with Crippen molar-refractivity contribution in [3.8, 4) is 11.9 Å². The lowest BCUT2D eigenvalue weighted by molar-refractivity contribution is 0.0720. The largest absolute Gasteiger partial charge is 0.470 e. The van der Waals surface area contributed by atoms with E-state index in [0.717, 1.165) is 6.20 Å². The van der Waals surface area contributed by atoms with Gasteiger partial charge in [0, 0.05) is 0 Å². The number of nitrogens with zero attached hydrogens (tertiary/aromatic N) is 2. The minimum atomic E-state index is -2.70. The molecule has 0 saturated heterocycles. The van der Waals surface area contributed by atoms with Gasteiger partial charge in [-0.05, 0) is 0 Å². The van der Waals surface area contributed by atoms with Crippen molar-refractivity contribution < 1.29 is 27.0 Å². The van der Waals surface area contributed by atoms with Crippen molar-refractivity contribution in [3.05, 3.63) is 6.20 Å². The van der Waals surface area contributed by atoms with Gasteiger partial charge in [0.15, 0.2) is 13.2 Å². The summed E-state index contributed by atoms with van der Waals surface area (Å²) < 4.78 is 56.4. The average molecular weight is 255 g/mol. The third kappa shape index (κ3) is 4.70. The van der Waals surface area contributed by atoms with E-state index in [0.29, 0.717) is 0 Å². The van der Waals surface area contributed by atoms with E-state index < -0.39 is 32.1 Å². The van der Waals surface area contributed by atoms with E-state index in [1.165, 1.54) is 0 Å². The topological polar surface area (TPSA) is 70.3 Å². The van der Waals surface area contributed by atoms with Crippen LogP contribution in [-0.4, -0.2) is 36.0 Å². The molecule has 0 unspecified atom stereocenters. The molecule has 1 aromatic rings. The molecule has 9 heteroatoms. The Morgan fingerprint density at radius 2 is 1.71 bits per heavy atom. The molecule has 0 aliphatic carbocycles. The van der Waals surface area contributed by atoms with Crippen LogP contribution in [-0.2, 0) is 0 Å². The molecule has 0 saturated carbocycles. The van der Waals surface area contributed by atoms with Crippen LogP contribution in [0.15, 0.2) is 6.20 Å². The molecule has 1 aromatic heterocycles. The van der Waals surface area contributed by atoms with Gasteiger partial charge in [0.25, 0.3) is 12.9 Å². The van der Waals surface area contributed by atoms with Crippen LogP contribution in [0.4, 0.5) is 23.2 Å². The molecule has 2 N–H and O–H groups in total. The van der Waals surface area contributed by atoms with Gasteiger partial charge in [-0.25, -0.2) is 22.5 Å². The van der Waals surface area contributed by atoms with Crippen molar-refractivity contribution in [1.82, 2.24) is 9.97 Å². The minimum absolute atomic E-state index is 0.0879. The van der Waals surface area contributed by atoms with Gasteiger partial charge in [0.1, 0.15) is 5.69 Å². The number of hydrogen-bond donors (Lipinski definition) is 1. The number of aromatic nitrogens is 2. The number of nitrogens with two attached hydrogens (primary N) is 1. The first-order valence-electron chi connectivity index (χ1n) is 4.43. The fraction of sp³-hybridized carbons (Fsp3) is 0.500. The van der Waals surface area contributed by atoms with E-state index >= 15 is 0 Å². The highest BCUT2D eigenvalue weighted by Gasteiger charge is 2.11. The molecule has 0 fully saturated rings. The third-order valence-electron chi connectivity index (χ3n) is 1.44. The molecule has 0 aromatic carbocycles. The SMILES string of the molecule is Nc1cnc(OCC(F)F)nc1OCC(F)F. The normalized spacial score (nSPS) is 10.9. The lowest BCUT2D eigenvalue weighted by Crippen LogP contribution is -2.12. The molecule has 1 heterocycles. The minimum Gasteiger partial charge on any atom is -0.470 e. The predicted molar refractivity (Wildman–Crippen MR) is 49.4 cm³/mol. The molecule has 1 rings (SSSR count). The van der Waals surface area contributed by atoms with Crippen molar-refractivity contribution in [2.45, 2.75) is 12.9 Å². The third-order valence-corrected chi connectivity index (χ3v) is 1.44. The predicted octanol–water partition coefficient (Wildman–Crippen LogP) is 1.35. The van der Waals surface area contributed by atoms with Crippen LogP contribution in [0.25, 0.3) is 0 Å². The van der Waals surface area contributed by atoms with Gasteiger partial charge in [0.05, 0.1) is 6.20 Å². The molecular weight excluding hydrogens is 246 g/mol. The van der Waals surface area contributed by atoms with Crippen molar-refractivity contribution in [3.63, 3.8) is 0 Å². The number of rotatable bonds is 6. The highest BCUT2D eigenvalue weighted by molar-refractivity contribution is 5.46. The Morgan fingerprint density at radius 3 is 2.29 bits per heavy atom. The molecule has 0 aliphatic rings. The van der Waals surface area contributed by atoms with E-state index in [4.69, 9.17) is 5.73 Å². The summed E-state index contributed by atoms with van der Waals surface area (Å²) in [6.07, 6.45) is -4.37. The van der Waals surface area contributed by atoms with Gasteiger partial charge >= 0.3 is 6.01 Å². The summed E-state index contributed by atoms with van der Waals surface area (Å²) in [5, 5.41) is 0. The van der Waals surface area contributed by atoms with Gasteiger partial charge in [-0.1, -0.05) is 0 Å². The lowest BCUT2D eigenvalue weighted by Gasteiger charge is -2.08. The molecule has 96 valence electrons. The molecule has 0 atom stereocenters. The first-order chi connectivity index (χ1) is 7.99. The van der Waals surface area contributed by atoms with Gasteiger partial charge in [-0.2, -0.15) is 4.98 Å². The second-order valence-electron chi connectivity index (χ2n) is 2.82. The number of hydrogen-bond acceptors (Lipinski definition) is 5. The van der Waals surface area contributed by atoms with Gasteiger partial charge in [0.2, 0.25) is 5.88 Å². The molecule has 0 aliphatic heterocycles. The molecule has 0 bridgehead atoms. The van der Waals surface area contributed by atoms with E-state index in [1.54, 1.807) is 0 Å². The molecule has 0 radical (unpaired) electrons. The Morgan fingerprint density at radius 1 is 1.12 bits per heavy atom. The first-order valence-corrected chi connectivity index (χ1v) is 4.43.